The fourth-order valence-electron chi connectivity index (χ4n) is 4.29. The zero-order valence-electron chi connectivity index (χ0n) is 26.2. The molecular formula is C35H36N4O8. The number of anilines is 1. The summed E-state index contributed by atoms with van der Waals surface area (Å²) in [5.41, 5.74) is 1.48. The van der Waals surface area contributed by atoms with Gasteiger partial charge in [0.15, 0.2) is 5.76 Å². The molecule has 0 aliphatic rings. The summed E-state index contributed by atoms with van der Waals surface area (Å²) in [7, 11) is 0. The van der Waals surface area contributed by atoms with Gasteiger partial charge in [-0.1, -0.05) is 72.8 Å². The molecule has 0 radical (unpaired) electrons. The number of ether oxygens (including phenoxy) is 3. The van der Waals surface area contributed by atoms with Gasteiger partial charge in [-0.05, 0) is 61.7 Å². The third-order valence-corrected chi connectivity index (χ3v) is 6.45. The number of ketones is 1. The van der Waals surface area contributed by atoms with Gasteiger partial charge in [-0.25, -0.2) is 19.3 Å². The van der Waals surface area contributed by atoms with E-state index in [4.69, 9.17) is 24.0 Å². The van der Waals surface area contributed by atoms with Crippen LogP contribution < -0.4 is 15.5 Å². The molecule has 0 bridgehead atoms. The lowest BCUT2D eigenvalue weighted by Crippen LogP contribution is -2.47. The molecule has 0 aliphatic heterocycles. The van der Waals surface area contributed by atoms with E-state index in [1.807, 2.05) is 12.1 Å². The van der Waals surface area contributed by atoms with E-state index < -0.39 is 41.7 Å². The van der Waals surface area contributed by atoms with E-state index >= 15 is 0 Å². The number of carbonyl (C=O) groups excluding carboxylic acids is 4. The summed E-state index contributed by atoms with van der Waals surface area (Å²) in [6.07, 6.45) is -1.22. The van der Waals surface area contributed by atoms with Gasteiger partial charge < -0.3 is 23.9 Å². The smallest absolute Gasteiger partial charge is 0.421 e. The van der Waals surface area contributed by atoms with Gasteiger partial charge in [0.1, 0.15) is 24.9 Å². The Morgan fingerprint density at radius 1 is 0.766 bits per heavy atom. The zero-order valence-corrected chi connectivity index (χ0v) is 26.2. The number of nitrogens with zero attached hydrogens (tertiary/aromatic N) is 1. The van der Waals surface area contributed by atoms with E-state index in [0.29, 0.717) is 5.56 Å². The van der Waals surface area contributed by atoms with Crippen LogP contribution in [-0.2, 0) is 33.8 Å². The molecule has 0 saturated heterocycles. The summed E-state index contributed by atoms with van der Waals surface area (Å²) >= 11 is 0. The van der Waals surface area contributed by atoms with E-state index in [9.17, 15) is 19.2 Å². The Labute approximate surface area is 272 Å². The predicted octanol–water partition coefficient (Wildman–Crippen LogP) is 6.60. The van der Waals surface area contributed by atoms with Crippen molar-refractivity contribution in [1.29, 1.82) is 5.41 Å². The molecule has 3 amide bonds. The monoisotopic (exact) mass is 640 g/mol. The van der Waals surface area contributed by atoms with Crippen LogP contribution in [0.25, 0.3) is 0 Å². The van der Waals surface area contributed by atoms with Crippen LogP contribution in [0.1, 0.15) is 48.0 Å². The Balaban J connectivity index is 1.51. The van der Waals surface area contributed by atoms with Crippen LogP contribution in [0.2, 0.25) is 0 Å². The summed E-state index contributed by atoms with van der Waals surface area (Å²) in [6, 6.07) is 26.3. The minimum atomic E-state index is -1.03. The molecule has 1 aromatic heterocycles. The van der Waals surface area contributed by atoms with Gasteiger partial charge in [-0.2, -0.15) is 0 Å². The zero-order chi connectivity index (χ0) is 33.8. The molecule has 1 heterocycles. The lowest BCUT2D eigenvalue weighted by Gasteiger charge is -2.24. The highest BCUT2D eigenvalue weighted by molar-refractivity contribution is 6.15. The van der Waals surface area contributed by atoms with Crippen molar-refractivity contribution in [2.75, 3.05) is 4.90 Å². The number of nitrogens with one attached hydrogen (secondary N) is 3. The third kappa shape index (κ3) is 10.6. The number of guanidine groups is 1. The van der Waals surface area contributed by atoms with Crippen LogP contribution in [0.5, 0.6) is 0 Å². The molecule has 4 rings (SSSR count). The van der Waals surface area contributed by atoms with Crippen molar-refractivity contribution in [3.8, 4) is 0 Å². The number of hydrogen-bond donors (Lipinski definition) is 3. The van der Waals surface area contributed by atoms with Crippen LogP contribution in [0.3, 0.4) is 0 Å². The number of rotatable bonds is 10. The average molecular weight is 641 g/mol. The highest BCUT2D eigenvalue weighted by Gasteiger charge is 2.28. The van der Waals surface area contributed by atoms with Crippen molar-refractivity contribution in [1.82, 2.24) is 10.6 Å². The Morgan fingerprint density at radius 3 is 1.91 bits per heavy atom. The Hall–Kier alpha value is -5.91. The van der Waals surface area contributed by atoms with Gasteiger partial charge in [0.05, 0.1) is 12.0 Å². The van der Waals surface area contributed by atoms with E-state index in [1.54, 1.807) is 87.5 Å². The number of Topliss-reactive ketones (excluding diaryl/α,β-unsaturated/α-hetero) is 1. The molecule has 4 aromatic rings. The standard InChI is InChI=1S/C35H36N4O8/c1-35(2,3)47-33(42)37-28(30(40)29-15-10-20-44-29)21-24-16-18-27(19-17-24)39(34(43)46-23-26-13-8-5-9-14-26)31(36)38-32(41)45-22-25-11-6-4-7-12-25/h4-20,28H,21-23H2,1-3H3,(H,37,42)(H2,36,38,41). The molecule has 1 atom stereocenters. The highest BCUT2D eigenvalue weighted by Crippen LogP contribution is 2.20. The SMILES string of the molecule is CC(C)(C)OC(=O)NC(Cc1ccc(N(C(=N)NC(=O)OCc2ccccc2)C(=O)OCc2ccccc2)cc1)C(=O)c1ccco1. The first-order valence-corrected chi connectivity index (χ1v) is 14.7. The maximum absolute atomic E-state index is 13.3. The van der Waals surface area contributed by atoms with Crippen LogP contribution in [0.4, 0.5) is 20.1 Å². The summed E-state index contributed by atoms with van der Waals surface area (Å²) in [5.74, 6) is -1.00. The van der Waals surface area contributed by atoms with Crippen LogP contribution in [0, 0.1) is 5.41 Å². The number of carbonyl (C=O) groups is 4. The van der Waals surface area contributed by atoms with Gasteiger partial charge >= 0.3 is 18.3 Å². The van der Waals surface area contributed by atoms with Gasteiger partial charge in [0.25, 0.3) is 0 Å². The van der Waals surface area contributed by atoms with E-state index in [0.717, 1.165) is 16.0 Å². The lowest BCUT2D eigenvalue weighted by atomic mass is 10.0. The average Bonchev–Trinajstić information content (AvgIpc) is 3.58. The molecule has 0 aliphatic carbocycles. The molecule has 3 N–H and O–H groups in total. The summed E-state index contributed by atoms with van der Waals surface area (Å²) < 4.78 is 21.3. The van der Waals surface area contributed by atoms with Crippen LogP contribution in [-0.4, -0.2) is 41.7 Å². The Kier molecular flexibility index (Phi) is 11.5. The third-order valence-electron chi connectivity index (χ3n) is 6.45. The fraction of sp³-hybridized carbons (Fsp3) is 0.229. The second-order valence-electron chi connectivity index (χ2n) is 11.3. The van der Waals surface area contributed by atoms with Crippen molar-refractivity contribution >= 4 is 35.7 Å². The van der Waals surface area contributed by atoms with E-state index in [1.165, 1.54) is 24.5 Å². The van der Waals surface area contributed by atoms with Crippen molar-refractivity contribution in [2.24, 2.45) is 0 Å². The number of furan rings is 1. The van der Waals surface area contributed by atoms with Gasteiger partial charge in [-0.15, -0.1) is 0 Å². The molecule has 12 heteroatoms. The molecule has 0 fully saturated rings. The van der Waals surface area contributed by atoms with Crippen molar-refractivity contribution in [2.45, 2.75) is 52.0 Å². The largest absolute Gasteiger partial charge is 0.461 e. The topological polar surface area (TPSA) is 160 Å². The second-order valence-corrected chi connectivity index (χ2v) is 11.3. The number of hydrogen-bond acceptors (Lipinski definition) is 9. The molecule has 1 unspecified atom stereocenters. The van der Waals surface area contributed by atoms with Crippen LogP contribution in [0.15, 0.2) is 108 Å². The molecule has 244 valence electrons. The molecule has 3 aromatic carbocycles. The molecule has 0 saturated carbocycles. The summed E-state index contributed by atoms with van der Waals surface area (Å²) in [5, 5.41) is 13.4. The molecule has 47 heavy (non-hydrogen) atoms. The molecule has 12 nitrogen and oxygen atoms in total. The maximum Gasteiger partial charge on any atom is 0.421 e. The van der Waals surface area contributed by atoms with Gasteiger partial charge in [0.2, 0.25) is 11.7 Å². The minimum Gasteiger partial charge on any atom is -0.461 e. The Morgan fingerprint density at radius 2 is 1.36 bits per heavy atom. The maximum atomic E-state index is 13.3. The van der Waals surface area contributed by atoms with E-state index in [2.05, 4.69) is 10.6 Å². The number of benzene rings is 3. The molecule has 0 spiro atoms. The second kappa shape index (κ2) is 15.9. The lowest BCUT2D eigenvalue weighted by molar-refractivity contribution is 0.0489. The summed E-state index contributed by atoms with van der Waals surface area (Å²) in [6.45, 7) is 5.01. The summed E-state index contributed by atoms with van der Waals surface area (Å²) in [4.78, 5) is 52.5. The van der Waals surface area contributed by atoms with Crippen molar-refractivity contribution in [3.05, 3.63) is 126 Å². The number of amides is 3. The first-order valence-electron chi connectivity index (χ1n) is 14.7. The number of alkyl carbamates (subject to hydrolysis) is 2. The van der Waals surface area contributed by atoms with Gasteiger partial charge in [0, 0.05) is 6.42 Å². The quantitative estimate of drug-likeness (QED) is 0.0756. The van der Waals surface area contributed by atoms with Crippen molar-refractivity contribution in [3.63, 3.8) is 0 Å². The molecular weight excluding hydrogens is 604 g/mol. The van der Waals surface area contributed by atoms with Crippen molar-refractivity contribution < 1.29 is 37.8 Å². The Bertz CT molecular complexity index is 1650. The normalized spacial score (nSPS) is 11.5. The first kappa shape index (κ1) is 34.0. The van der Waals surface area contributed by atoms with Crippen LogP contribution >= 0.6 is 0 Å². The van der Waals surface area contributed by atoms with Gasteiger partial charge in [-0.3, -0.25) is 15.5 Å². The fourth-order valence-corrected chi connectivity index (χ4v) is 4.29. The predicted molar refractivity (Wildman–Crippen MR) is 173 cm³/mol. The first-order chi connectivity index (χ1) is 22.5. The highest BCUT2D eigenvalue weighted by atomic mass is 16.6. The van der Waals surface area contributed by atoms with E-state index in [-0.39, 0.29) is 31.1 Å². The minimum absolute atomic E-state index is 0.0394.